The van der Waals surface area contributed by atoms with Crippen LogP contribution in [-0.2, 0) is 4.79 Å². The predicted octanol–water partition coefficient (Wildman–Crippen LogP) is 3.16. The van der Waals surface area contributed by atoms with Gasteiger partial charge in [-0.15, -0.1) is 12.4 Å². The summed E-state index contributed by atoms with van der Waals surface area (Å²) in [6.07, 6.45) is 3.18. The van der Waals surface area contributed by atoms with Crippen molar-refractivity contribution in [3.63, 3.8) is 0 Å². The molecule has 1 aromatic heterocycles. The van der Waals surface area contributed by atoms with Gasteiger partial charge in [0.2, 0.25) is 5.91 Å². The number of hydrogen-bond acceptors (Lipinski definition) is 4. The largest absolute Gasteiger partial charge is 0.423 e. The van der Waals surface area contributed by atoms with Gasteiger partial charge in [-0.05, 0) is 74.9 Å². The van der Waals surface area contributed by atoms with E-state index >= 15 is 0 Å². The average molecular weight is 363 g/mol. The molecule has 2 heterocycles. The van der Waals surface area contributed by atoms with Gasteiger partial charge in [-0.1, -0.05) is 0 Å². The van der Waals surface area contributed by atoms with Gasteiger partial charge in [0.25, 0.3) is 0 Å². The van der Waals surface area contributed by atoms with Crippen molar-refractivity contribution in [2.45, 2.75) is 33.1 Å². The Morgan fingerprint density at radius 3 is 2.64 bits per heavy atom. The highest BCUT2D eigenvalue weighted by Gasteiger charge is 2.57. The second-order valence-corrected chi connectivity index (χ2v) is 7.27. The Morgan fingerprint density at radius 1 is 1.20 bits per heavy atom. The lowest BCUT2D eigenvalue weighted by Gasteiger charge is -2.23. The number of rotatable bonds is 2. The Hall–Kier alpha value is -1.85. The highest BCUT2D eigenvalue weighted by atomic mass is 35.5. The van der Waals surface area contributed by atoms with Crippen molar-refractivity contribution in [2.24, 2.45) is 11.3 Å². The third-order valence-corrected chi connectivity index (χ3v) is 5.66. The number of benzene rings is 1. The summed E-state index contributed by atoms with van der Waals surface area (Å²) in [6, 6.07) is 5.22. The normalized spacial score (nSPS) is 21.0. The van der Waals surface area contributed by atoms with Crippen LogP contribution in [0.15, 0.2) is 27.4 Å². The molecule has 4 rings (SSSR count). The summed E-state index contributed by atoms with van der Waals surface area (Å²) in [5.41, 5.74) is 3.02. The minimum atomic E-state index is -0.345. The van der Waals surface area contributed by atoms with E-state index in [9.17, 15) is 9.59 Å². The van der Waals surface area contributed by atoms with Gasteiger partial charge in [-0.2, -0.15) is 0 Å². The molecule has 2 fully saturated rings. The molecule has 0 bridgehead atoms. The summed E-state index contributed by atoms with van der Waals surface area (Å²) in [4.78, 5) is 24.2. The summed E-state index contributed by atoms with van der Waals surface area (Å²) >= 11 is 0. The third-order valence-electron chi connectivity index (χ3n) is 5.66. The number of fused-ring (bicyclic) bond motifs is 1. The Kier molecular flexibility index (Phi) is 4.64. The fraction of sp³-hybridized carbons (Fsp3) is 0.474. The molecule has 1 atom stereocenters. The zero-order valence-corrected chi connectivity index (χ0v) is 15.3. The first-order valence-corrected chi connectivity index (χ1v) is 8.55. The summed E-state index contributed by atoms with van der Waals surface area (Å²) in [6.45, 7) is 5.82. The van der Waals surface area contributed by atoms with E-state index in [1.165, 1.54) is 6.07 Å². The molecule has 2 aromatic rings. The summed E-state index contributed by atoms with van der Waals surface area (Å²) in [7, 11) is 0. The number of hydrogen-bond donors (Lipinski definition) is 2. The third kappa shape index (κ3) is 3.18. The van der Waals surface area contributed by atoms with E-state index in [2.05, 4.69) is 10.6 Å². The molecular weight excluding hydrogens is 340 g/mol. The number of anilines is 1. The van der Waals surface area contributed by atoms with Crippen LogP contribution in [0.3, 0.4) is 0 Å². The molecule has 0 radical (unpaired) electrons. The predicted molar refractivity (Wildman–Crippen MR) is 100 cm³/mol. The van der Waals surface area contributed by atoms with Crippen LogP contribution < -0.4 is 16.3 Å². The van der Waals surface area contributed by atoms with Gasteiger partial charge in [0.15, 0.2) is 0 Å². The first kappa shape index (κ1) is 18.0. The molecule has 2 aliphatic rings. The van der Waals surface area contributed by atoms with Crippen molar-refractivity contribution in [1.29, 1.82) is 0 Å². The van der Waals surface area contributed by atoms with Crippen LogP contribution in [0.5, 0.6) is 0 Å². The number of aryl methyl sites for hydroxylation is 2. The molecule has 134 valence electrons. The van der Waals surface area contributed by atoms with Crippen molar-refractivity contribution in [3.05, 3.63) is 39.7 Å². The minimum absolute atomic E-state index is 0. The Labute approximate surface area is 152 Å². The van der Waals surface area contributed by atoms with Gasteiger partial charge in [0, 0.05) is 23.1 Å². The SMILES string of the molecule is Cc1cc2oc(=O)cc(C)c2cc1NC(=O)C1CC12CCNCC2.Cl. The number of halogens is 1. The van der Waals surface area contributed by atoms with Gasteiger partial charge in [0.1, 0.15) is 5.58 Å². The van der Waals surface area contributed by atoms with E-state index in [1.807, 2.05) is 26.0 Å². The van der Waals surface area contributed by atoms with Gasteiger partial charge in [0.05, 0.1) is 0 Å². The second-order valence-electron chi connectivity index (χ2n) is 7.27. The van der Waals surface area contributed by atoms with Crippen LogP contribution in [0, 0.1) is 25.2 Å². The van der Waals surface area contributed by atoms with E-state index in [4.69, 9.17) is 4.42 Å². The first-order chi connectivity index (χ1) is 11.5. The molecule has 1 amide bonds. The van der Waals surface area contributed by atoms with Crippen LogP contribution >= 0.6 is 12.4 Å². The standard InChI is InChI=1S/C19H22N2O3.ClH/c1-11-8-17(22)24-16-7-12(2)15(9-13(11)16)21-18(23)14-10-19(14)3-5-20-6-4-19;/h7-9,14,20H,3-6,10H2,1-2H3,(H,21,23);1H. The maximum atomic E-state index is 12.7. The van der Waals surface area contributed by atoms with Crippen molar-refractivity contribution >= 4 is 35.0 Å². The first-order valence-electron chi connectivity index (χ1n) is 8.55. The van der Waals surface area contributed by atoms with Crippen LogP contribution in [-0.4, -0.2) is 19.0 Å². The van der Waals surface area contributed by atoms with E-state index in [0.717, 1.165) is 54.6 Å². The van der Waals surface area contributed by atoms with E-state index < -0.39 is 0 Å². The molecule has 2 N–H and O–H groups in total. The topological polar surface area (TPSA) is 71.3 Å². The number of amides is 1. The van der Waals surface area contributed by atoms with Gasteiger partial charge in [-0.3, -0.25) is 4.79 Å². The lowest BCUT2D eigenvalue weighted by Crippen LogP contribution is -2.31. The quantitative estimate of drug-likeness (QED) is 0.805. The molecule has 6 heteroatoms. The molecule has 25 heavy (non-hydrogen) atoms. The van der Waals surface area contributed by atoms with Crippen LogP contribution in [0.4, 0.5) is 5.69 Å². The Bertz CT molecular complexity index is 884. The Balaban J connectivity index is 0.00000182. The highest BCUT2D eigenvalue weighted by Crippen LogP contribution is 2.58. The molecule has 1 aliphatic heterocycles. The maximum Gasteiger partial charge on any atom is 0.336 e. The number of nitrogens with one attached hydrogen (secondary N) is 2. The average Bonchev–Trinajstić information content (AvgIpc) is 3.22. The lowest BCUT2D eigenvalue weighted by molar-refractivity contribution is -0.118. The molecule has 1 aliphatic carbocycles. The summed E-state index contributed by atoms with van der Waals surface area (Å²) in [5, 5.41) is 7.32. The van der Waals surface area contributed by atoms with Crippen LogP contribution in [0.25, 0.3) is 11.0 Å². The summed E-state index contributed by atoms with van der Waals surface area (Å²) < 4.78 is 5.26. The Morgan fingerprint density at radius 2 is 1.92 bits per heavy atom. The van der Waals surface area contributed by atoms with Crippen molar-refractivity contribution < 1.29 is 9.21 Å². The molecule has 1 unspecified atom stereocenters. The molecule has 1 spiro atoms. The van der Waals surface area contributed by atoms with Crippen LogP contribution in [0.2, 0.25) is 0 Å². The van der Waals surface area contributed by atoms with Crippen molar-refractivity contribution in [2.75, 3.05) is 18.4 Å². The molecule has 5 nitrogen and oxygen atoms in total. The number of piperidine rings is 1. The summed E-state index contributed by atoms with van der Waals surface area (Å²) in [5.74, 6) is 0.249. The van der Waals surface area contributed by atoms with E-state index in [-0.39, 0.29) is 35.3 Å². The van der Waals surface area contributed by atoms with E-state index in [1.54, 1.807) is 0 Å². The van der Waals surface area contributed by atoms with Crippen LogP contribution in [0.1, 0.15) is 30.4 Å². The fourth-order valence-corrected chi connectivity index (χ4v) is 4.02. The van der Waals surface area contributed by atoms with Crippen molar-refractivity contribution in [1.82, 2.24) is 5.32 Å². The van der Waals surface area contributed by atoms with E-state index in [0.29, 0.717) is 5.58 Å². The van der Waals surface area contributed by atoms with Gasteiger partial charge < -0.3 is 15.1 Å². The maximum absolute atomic E-state index is 12.7. The monoisotopic (exact) mass is 362 g/mol. The van der Waals surface area contributed by atoms with Gasteiger partial charge in [-0.25, -0.2) is 4.79 Å². The zero-order valence-electron chi connectivity index (χ0n) is 14.5. The van der Waals surface area contributed by atoms with Crippen molar-refractivity contribution in [3.8, 4) is 0 Å². The minimum Gasteiger partial charge on any atom is -0.423 e. The lowest BCUT2D eigenvalue weighted by atomic mass is 9.91. The fourth-order valence-electron chi connectivity index (χ4n) is 4.02. The zero-order chi connectivity index (χ0) is 16.9. The number of carbonyl (C=O) groups excluding carboxylic acids is 1. The molecule has 1 saturated heterocycles. The smallest absolute Gasteiger partial charge is 0.336 e. The highest BCUT2D eigenvalue weighted by molar-refractivity contribution is 5.98. The number of carbonyl (C=O) groups is 1. The van der Waals surface area contributed by atoms with Gasteiger partial charge >= 0.3 is 5.63 Å². The molecule has 1 saturated carbocycles. The molecule has 1 aromatic carbocycles. The second kappa shape index (κ2) is 6.46. The molecular formula is C19H23ClN2O3.